The molecule has 0 rings (SSSR count). The first-order chi connectivity index (χ1) is 23.9. The van der Waals surface area contributed by atoms with Crippen molar-refractivity contribution in [1.82, 2.24) is 20.9 Å². The van der Waals surface area contributed by atoms with E-state index in [1.807, 2.05) is 52.5 Å². The van der Waals surface area contributed by atoms with Gasteiger partial charge in [-0.1, -0.05) is 107 Å². The summed E-state index contributed by atoms with van der Waals surface area (Å²) in [6.07, 6.45) is 12.6. The number of amides is 4. The third-order valence-corrected chi connectivity index (χ3v) is 6.90. The zero-order valence-electron chi connectivity index (χ0n) is 34.5. The average Bonchev–Trinajstić information content (AvgIpc) is 3.12. The highest BCUT2D eigenvalue weighted by atomic mass is 16.2. The lowest BCUT2D eigenvalue weighted by atomic mass is 10.0. The van der Waals surface area contributed by atoms with Crippen molar-refractivity contribution in [2.24, 2.45) is 23.5 Å². The smallest absolute Gasteiger partial charge is 0.242 e. The number of rotatable bonds is 21. The van der Waals surface area contributed by atoms with Gasteiger partial charge in [-0.3, -0.25) is 19.2 Å². The Morgan fingerprint density at radius 3 is 1.82 bits per heavy atom. The molecule has 0 aliphatic rings. The number of hydrogen-bond donors (Lipinski definition) is 6. The molecule has 0 spiro atoms. The van der Waals surface area contributed by atoms with Gasteiger partial charge in [0, 0.05) is 60.2 Å². The van der Waals surface area contributed by atoms with Gasteiger partial charge in [0.15, 0.2) is 0 Å². The van der Waals surface area contributed by atoms with E-state index in [0.717, 1.165) is 52.0 Å². The minimum absolute atomic E-state index is 0.0395. The molecule has 50 heavy (non-hydrogen) atoms. The zero-order chi connectivity index (χ0) is 40.5. The summed E-state index contributed by atoms with van der Waals surface area (Å²) >= 11 is 0. The number of aliphatic hydroxyl groups is 2. The second-order valence-corrected chi connectivity index (χ2v) is 11.7. The van der Waals surface area contributed by atoms with Crippen LogP contribution in [0, 0.1) is 17.8 Å². The van der Waals surface area contributed by atoms with Crippen molar-refractivity contribution < 1.29 is 29.4 Å². The Balaban J connectivity index is -0.000000178. The molecule has 0 bridgehead atoms. The van der Waals surface area contributed by atoms with Crippen molar-refractivity contribution in [2.45, 2.75) is 126 Å². The first-order valence-corrected chi connectivity index (χ1v) is 18.3. The van der Waals surface area contributed by atoms with Crippen molar-refractivity contribution in [3.8, 4) is 0 Å². The van der Waals surface area contributed by atoms with E-state index in [9.17, 15) is 19.2 Å². The number of carbonyl (C=O) groups is 4. The molecule has 4 amide bonds. The van der Waals surface area contributed by atoms with Crippen molar-refractivity contribution >= 4 is 23.6 Å². The van der Waals surface area contributed by atoms with E-state index < -0.39 is 6.04 Å². The van der Waals surface area contributed by atoms with Crippen LogP contribution < -0.4 is 21.7 Å². The molecule has 0 aromatic heterocycles. The Morgan fingerprint density at radius 1 is 0.840 bits per heavy atom. The van der Waals surface area contributed by atoms with E-state index in [2.05, 4.69) is 55.6 Å². The summed E-state index contributed by atoms with van der Waals surface area (Å²) in [7, 11) is 5.08. The predicted molar refractivity (Wildman–Crippen MR) is 214 cm³/mol. The molecule has 0 aliphatic carbocycles. The number of likely N-dealkylation sites (N-methyl/N-ethyl adjacent to an activating group) is 1. The van der Waals surface area contributed by atoms with Crippen molar-refractivity contribution in [1.29, 1.82) is 0 Å². The summed E-state index contributed by atoms with van der Waals surface area (Å²) in [4.78, 5) is 49.3. The number of hydrogen-bond acceptors (Lipinski definition) is 7. The van der Waals surface area contributed by atoms with Crippen molar-refractivity contribution in [2.75, 3.05) is 47.9 Å². The molecule has 0 aromatic carbocycles. The highest BCUT2D eigenvalue weighted by molar-refractivity contribution is 5.87. The molecule has 1 unspecified atom stereocenters. The van der Waals surface area contributed by atoms with Gasteiger partial charge in [-0.15, -0.1) is 0 Å². The number of aliphatic hydroxyl groups excluding tert-OH is 2. The van der Waals surface area contributed by atoms with Crippen LogP contribution in [0.5, 0.6) is 0 Å². The van der Waals surface area contributed by atoms with E-state index >= 15 is 0 Å². The Kier molecular flexibility index (Phi) is 54.4. The van der Waals surface area contributed by atoms with Crippen LogP contribution in [0.1, 0.15) is 120 Å². The lowest BCUT2D eigenvalue weighted by Crippen LogP contribution is -2.48. The summed E-state index contributed by atoms with van der Waals surface area (Å²) in [6.45, 7) is 27.7. The van der Waals surface area contributed by atoms with Crippen LogP contribution in [-0.2, 0) is 19.2 Å². The summed E-state index contributed by atoms with van der Waals surface area (Å²) in [5, 5.41) is 22.2. The molecule has 0 saturated heterocycles. The molecule has 0 saturated carbocycles. The van der Waals surface area contributed by atoms with Crippen LogP contribution >= 0.6 is 0 Å². The van der Waals surface area contributed by atoms with E-state index in [-0.39, 0.29) is 29.5 Å². The van der Waals surface area contributed by atoms with Crippen LogP contribution in [0.2, 0.25) is 0 Å². The van der Waals surface area contributed by atoms with Crippen molar-refractivity contribution in [3.63, 3.8) is 0 Å². The summed E-state index contributed by atoms with van der Waals surface area (Å²) in [5.41, 5.74) is 5.56. The quantitative estimate of drug-likeness (QED) is 0.0819. The summed E-state index contributed by atoms with van der Waals surface area (Å²) in [6, 6.07) is -0.429. The maximum absolute atomic E-state index is 12.4. The SMILES string of the molecule is C=C/C=C(\C=C)CCNC(=O)CCCN(CCC)C(=O)CCC[C@@H](C)CC.CC.CN.CNC(=O)C(NC(=O)CC(C)C)C(C)C.CO.CO. The first-order valence-electron chi connectivity index (χ1n) is 18.3. The number of nitrogens with one attached hydrogen (secondary N) is 3. The fourth-order valence-electron chi connectivity index (χ4n) is 4.16. The van der Waals surface area contributed by atoms with Crippen LogP contribution in [-0.4, -0.2) is 92.7 Å². The van der Waals surface area contributed by atoms with Gasteiger partial charge in [0.05, 0.1) is 0 Å². The molecule has 2 atom stereocenters. The standard InChI is InChI=1S/C23H40N2O2.C11H22N2O2.C2H6.CH5N.2CH4O/c1-6-12-21(9-4)16-17-24-22(26)14-11-19-25(18-7-2)23(27)15-10-13-20(5)8-3;1-7(2)6-9(14)13-10(8(3)4)11(15)12-5;4*1-2/h6,9,12,20H,1,4,7-8,10-11,13-19H2,2-3,5H3,(H,24,26);7-8,10H,6H2,1-5H3,(H,12,15)(H,13,14);1-2H3;2H2,1H3;2*2H,1H3/b21-12+;;;;;/t20-;;;;;/m0...../s1. The first kappa shape index (κ1) is 59.1. The topological polar surface area (TPSA) is 174 Å². The Bertz CT molecular complexity index is 847. The third kappa shape index (κ3) is 39.4. The number of carbonyl (C=O) groups excluding carboxylic acids is 4. The van der Waals surface area contributed by atoms with Gasteiger partial charge in [-0.05, 0) is 56.1 Å². The van der Waals surface area contributed by atoms with E-state index in [1.54, 1.807) is 19.2 Å². The van der Waals surface area contributed by atoms with Gasteiger partial charge < -0.3 is 36.8 Å². The van der Waals surface area contributed by atoms with Gasteiger partial charge in [0.25, 0.3) is 0 Å². The van der Waals surface area contributed by atoms with E-state index in [4.69, 9.17) is 10.2 Å². The molecule has 11 heteroatoms. The van der Waals surface area contributed by atoms with Gasteiger partial charge in [-0.25, -0.2) is 0 Å². The highest BCUT2D eigenvalue weighted by Crippen LogP contribution is 2.13. The maximum atomic E-state index is 12.4. The average molecular weight is 716 g/mol. The molecule has 11 nitrogen and oxygen atoms in total. The fourth-order valence-corrected chi connectivity index (χ4v) is 4.16. The number of nitrogens with zero attached hydrogens (tertiary/aromatic N) is 1. The highest BCUT2D eigenvalue weighted by Gasteiger charge is 2.23. The van der Waals surface area contributed by atoms with E-state index in [0.29, 0.717) is 50.6 Å². The normalized spacial score (nSPS) is 11.0. The minimum atomic E-state index is -0.429. The molecule has 0 aromatic rings. The predicted octanol–water partition coefficient (Wildman–Crippen LogP) is 5.76. The number of allylic oxidation sites excluding steroid dienone is 3. The van der Waals surface area contributed by atoms with Gasteiger partial charge in [0.1, 0.15) is 6.04 Å². The van der Waals surface area contributed by atoms with Gasteiger partial charge in [0.2, 0.25) is 23.6 Å². The van der Waals surface area contributed by atoms with Crippen LogP contribution in [0.4, 0.5) is 0 Å². The van der Waals surface area contributed by atoms with Gasteiger partial charge in [-0.2, -0.15) is 0 Å². The molecular weight excluding hydrogens is 634 g/mol. The third-order valence-electron chi connectivity index (χ3n) is 6.90. The molecule has 0 radical (unpaired) electrons. The second-order valence-electron chi connectivity index (χ2n) is 11.7. The molecular formula is C39H81N5O6. The zero-order valence-corrected chi connectivity index (χ0v) is 34.5. The lowest BCUT2D eigenvalue weighted by molar-refractivity contribution is -0.132. The van der Waals surface area contributed by atoms with Crippen molar-refractivity contribution in [3.05, 3.63) is 37.0 Å². The monoisotopic (exact) mass is 716 g/mol. The Hall–Kier alpha value is -3.02. The molecule has 0 fully saturated rings. The second kappa shape index (κ2) is 46.0. The molecule has 7 N–H and O–H groups in total. The molecule has 298 valence electrons. The summed E-state index contributed by atoms with van der Waals surface area (Å²) in [5.74, 6) is 1.16. The lowest BCUT2D eigenvalue weighted by Gasteiger charge is -2.22. The minimum Gasteiger partial charge on any atom is -0.400 e. The molecule has 0 aliphatic heterocycles. The fraction of sp³-hybridized carbons (Fsp3) is 0.744. The van der Waals surface area contributed by atoms with E-state index in [1.165, 1.54) is 13.5 Å². The molecule has 0 heterocycles. The van der Waals surface area contributed by atoms with Crippen LogP contribution in [0.3, 0.4) is 0 Å². The Labute approximate surface area is 308 Å². The largest absolute Gasteiger partial charge is 0.400 e. The Morgan fingerprint density at radius 2 is 1.40 bits per heavy atom. The number of nitrogens with two attached hydrogens (primary N) is 1. The van der Waals surface area contributed by atoms with Crippen LogP contribution in [0.15, 0.2) is 37.0 Å². The maximum Gasteiger partial charge on any atom is 0.242 e. The van der Waals surface area contributed by atoms with Gasteiger partial charge >= 0.3 is 0 Å². The van der Waals surface area contributed by atoms with Crippen LogP contribution in [0.25, 0.3) is 0 Å². The summed E-state index contributed by atoms with van der Waals surface area (Å²) < 4.78 is 0.